The van der Waals surface area contributed by atoms with Crippen molar-refractivity contribution in [3.8, 4) is 5.75 Å². The molecule has 0 heterocycles. The first-order valence-electron chi connectivity index (χ1n) is 25.2. The van der Waals surface area contributed by atoms with Crippen LogP contribution in [0.15, 0.2) is 249 Å². The van der Waals surface area contributed by atoms with Crippen LogP contribution in [-0.2, 0) is 21.2 Å². The summed E-state index contributed by atoms with van der Waals surface area (Å²) in [5.74, 6) is -2.81. The Morgan fingerprint density at radius 2 is 0.625 bits per heavy atom. The number of benzene rings is 9. The molecule has 9 aromatic carbocycles. The van der Waals surface area contributed by atoms with Gasteiger partial charge in [-0.1, -0.05) is 0 Å². The summed E-state index contributed by atoms with van der Waals surface area (Å²) in [5.41, 5.74) is -2.81. The molecule has 0 atom stereocenters. The zero-order valence-electron chi connectivity index (χ0n) is 43.2. The number of hydrogen-bond donors (Lipinski definition) is 0. The molecule has 0 amide bonds. The minimum atomic E-state index is -5.44. The van der Waals surface area contributed by atoms with E-state index in [1.54, 1.807) is 206 Å². The van der Waals surface area contributed by atoms with Gasteiger partial charge >= 0.3 is 461 Å². The molecule has 0 unspecified atom stereocenters. The fraction of sp³-hybridized carbons (Fsp3) is 0.0938. The fourth-order valence-electron chi connectivity index (χ4n) is 10.4. The molecule has 80 heavy (non-hydrogen) atoms. The van der Waals surface area contributed by atoms with Gasteiger partial charge in [0.05, 0.1) is 0 Å². The van der Waals surface area contributed by atoms with Crippen LogP contribution in [0.1, 0.15) is 66.4 Å². The van der Waals surface area contributed by atoms with Crippen LogP contribution in [0.4, 0.5) is 26.3 Å². The summed E-state index contributed by atoms with van der Waals surface area (Å²) >= 11 is 0. The van der Waals surface area contributed by atoms with Crippen molar-refractivity contribution < 1.29 is 59.1 Å². The van der Waals surface area contributed by atoms with Crippen molar-refractivity contribution in [1.82, 2.24) is 0 Å². The van der Waals surface area contributed by atoms with Gasteiger partial charge in [-0.05, 0) is 0 Å². The molecule has 7 nitrogen and oxygen atoms in total. The summed E-state index contributed by atoms with van der Waals surface area (Å²) in [6.45, 7) is -8.17. The molecule has 0 aliphatic carbocycles. The number of rotatable bonds is 20. The second-order valence-electron chi connectivity index (χ2n) is 19.2. The van der Waals surface area contributed by atoms with Crippen molar-refractivity contribution in [1.29, 1.82) is 0 Å². The van der Waals surface area contributed by atoms with Crippen molar-refractivity contribution in [2.45, 2.75) is 26.2 Å². The Bertz CT molecular complexity index is 3270. The molecule has 16 heteroatoms. The van der Waals surface area contributed by atoms with Gasteiger partial charge in [0.25, 0.3) is 0 Å². The zero-order valence-corrected chi connectivity index (χ0v) is 45.0. The van der Waals surface area contributed by atoms with E-state index in [4.69, 9.17) is 13.5 Å². The van der Waals surface area contributed by atoms with E-state index in [-0.39, 0.29) is 39.9 Å². The molecular formula is C64H51BF6O7P2. The van der Waals surface area contributed by atoms with Crippen LogP contribution in [0, 0.1) is 0 Å². The van der Waals surface area contributed by atoms with E-state index in [0.717, 1.165) is 0 Å². The van der Waals surface area contributed by atoms with Crippen LogP contribution in [0.2, 0.25) is 0 Å². The van der Waals surface area contributed by atoms with Gasteiger partial charge in [0.1, 0.15) is 0 Å². The Morgan fingerprint density at radius 1 is 0.362 bits per heavy atom. The van der Waals surface area contributed by atoms with Crippen molar-refractivity contribution in [3.63, 3.8) is 0 Å². The molecule has 0 N–H and O–H groups in total. The molecule has 9 rings (SSSR count). The normalized spacial score (nSPS) is 12.9. The standard InChI is InChI=1S/C64H51BF6O7P2/c1-46(72)48-23-21-25-50(39-48)61(74)44-79(55-27-9-3-10-28-55,56-29-11-4-12-30-56,57-31-13-5-14-32-57)77-65(76-54-42-52(63(66,67)68)41-53(43-54)64(69,70)71)78-80(58-33-15-6-16-34-58,59-35-17-7-18-36-59,60-37-19-8-20-38-60)45-62(75)51-26-22-24-49(40-51)47(2)73/h3-43H,44-45H2,1-2H3. The van der Waals surface area contributed by atoms with E-state index >= 15 is 35.9 Å². The number of halogens is 6. The Labute approximate surface area is 459 Å². The summed E-state index contributed by atoms with van der Waals surface area (Å²) in [6, 6.07) is 64.5. The van der Waals surface area contributed by atoms with Crippen molar-refractivity contribution in [3.05, 3.63) is 282 Å². The van der Waals surface area contributed by atoms with E-state index in [1.807, 2.05) is 0 Å². The third-order valence-corrected chi connectivity index (χ3v) is 25.7. The van der Waals surface area contributed by atoms with Crippen LogP contribution in [-0.4, -0.2) is 42.8 Å². The Hall–Kier alpha value is -8.12. The van der Waals surface area contributed by atoms with Crippen LogP contribution in [0.25, 0.3) is 0 Å². The minimum absolute atomic E-state index is 0.0267. The number of hydrogen-bond acceptors (Lipinski definition) is 7. The van der Waals surface area contributed by atoms with Crippen LogP contribution < -0.4 is 36.5 Å². The van der Waals surface area contributed by atoms with Gasteiger partial charge in [-0.2, -0.15) is 0 Å². The number of ketones is 4. The van der Waals surface area contributed by atoms with Crippen LogP contribution >= 0.6 is 13.7 Å². The second kappa shape index (κ2) is 22.6. The quantitative estimate of drug-likeness (QED) is 0.0325. The molecule has 0 aliphatic rings. The molecule has 0 aliphatic heterocycles. The number of carbonyl (C=O) groups is 4. The van der Waals surface area contributed by atoms with Gasteiger partial charge < -0.3 is 0 Å². The molecule has 0 fully saturated rings. The maximum absolute atomic E-state index is 15.8. The van der Waals surface area contributed by atoms with E-state index < -0.39 is 74.1 Å². The molecule has 0 saturated carbocycles. The monoisotopic (exact) mass is 1120 g/mol. The summed E-state index contributed by atoms with van der Waals surface area (Å²) in [5, 5.41) is 2.09. The summed E-state index contributed by atoms with van der Waals surface area (Å²) < 4.78 is 113. The molecule has 0 aromatic heterocycles. The predicted octanol–water partition coefficient (Wildman–Crippen LogP) is 13.2. The van der Waals surface area contributed by atoms with Gasteiger partial charge in [0.15, 0.2) is 0 Å². The van der Waals surface area contributed by atoms with Crippen molar-refractivity contribution in [2.75, 3.05) is 12.3 Å². The molecule has 0 spiro atoms. The first-order chi connectivity index (χ1) is 38.3. The number of carbonyl (C=O) groups excluding carboxylic acids is 4. The average molecular weight is 1120 g/mol. The summed E-state index contributed by atoms with van der Waals surface area (Å²) in [6.07, 6.45) is -11.9. The summed E-state index contributed by atoms with van der Waals surface area (Å²) in [4.78, 5) is 57.5. The molecular weight excluding hydrogens is 1070 g/mol. The van der Waals surface area contributed by atoms with Gasteiger partial charge in [0, 0.05) is 0 Å². The maximum atomic E-state index is 15.8. The van der Waals surface area contributed by atoms with Crippen molar-refractivity contribution >= 4 is 75.9 Å². The number of Topliss-reactive ketones (excluding diaryl/α,β-unsaturated/α-hetero) is 4. The molecule has 9 aromatic rings. The molecule has 404 valence electrons. The van der Waals surface area contributed by atoms with E-state index in [2.05, 4.69) is 0 Å². The predicted molar refractivity (Wildman–Crippen MR) is 307 cm³/mol. The molecule has 0 bridgehead atoms. The van der Waals surface area contributed by atoms with Gasteiger partial charge in [-0.25, -0.2) is 0 Å². The number of alkyl halides is 6. The Morgan fingerprint density at radius 3 is 0.875 bits per heavy atom. The third kappa shape index (κ3) is 10.7. The summed E-state index contributed by atoms with van der Waals surface area (Å²) in [7, 11) is -2.48. The van der Waals surface area contributed by atoms with E-state index in [9.17, 15) is 9.59 Å². The Kier molecular flexibility index (Phi) is 16.0. The van der Waals surface area contributed by atoms with Gasteiger partial charge in [0.2, 0.25) is 0 Å². The first-order valence-corrected chi connectivity index (χ1v) is 29.9. The van der Waals surface area contributed by atoms with E-state index in [0.29, 0.717) is 44.0 Å². The average Bonchev–Trinajstić information content (AvgIpc) is 3.54. The van der Waals surface area contributed by atoms with Crippen molar-refractivity contribution in [2.24, 2.45) is 0 Å². The van der Waals surface area contributed by atoms with E-state index in [1.165, 1.54) is 38.1 Å². The third-order valence-electron chi connectivity index (χ3n) is 14.3. The first kappa shape index (κ1) is 56.6. The second-order valence-corrected chi connectivity index (χ2v) is 28.2. The van der Waals surface area contributed by atoms with Crippen LogP contribution in [0.5, 0.6) is 5.75 Å². The zero-order chi connectivity index (χ0) is 56.8. The fourth-order valence-corrected chi connectivity index (χ4v) is 21.5. The molecule has 0 saturated heterocycles. The Balaban J connectivity index is 1.47. The topological polar surface area (TPSA) is 96.0 Å². The van der Waals surface area contributed by atoms with Gasteiger partial charge in [-0.15, -0.1) is 0 Å². The molecule has 0 radical (unpaired) electrons. The van der Waals surface area contributed by atoms with Crippen LogP contribution in [0.3, 0.4) is 0 Å². The van der Waals surface area contributed by atoms with Gasteiger partial charge in [-0.3, -0.25) is 0 Å². The SMILES string of the molecule is CC(=O)c1cccc(C(=O)CP(OB(Oc2cc(C(F)(F)F)cc(C(F)(F)F)c2)OP(CC(=O)c2cccc(C(C)=O)c2)(c2ccccc2)(c2ccccc2)c2ccccc2)(c2ccccc2)(c2ccccc2)c2ccccc2)c1.